The largest absolute Gasteiger partial charge is 0.494 e. The van der Waals surface area contributed by atoms with Gasteiger partial charge in [0.15, 0.2) is 5.78 Å². The van der Waals surface area contributed by atoms with Crippen LogP contribution in [0.3, 0.4) is 0 Å². The van der Waals surface area contributed by atoms with Gasteiger partial charge in [-0.25, -0.2) is 0 Å². The Labute approximate surface area is 167 Å². The molecule has 2 aromatic rings. The molecule has 1 fully saturated rings. The molecule has 0 radical (unpaired) electrons. The first-order valence-electron chi connectivity index (χ1n) is 9.82. The average Bonchev–Trinajstić information content (AvgIpc) is 2.69. The maximum absolute atomic E-state index is 13.0. The minimum Gasteiger partial charge on any atom is -0.494 e. The Hall–Kier alpha value is -2.85. The summed E-state index contributed by atoms with van der Waals surface area (Å²) in [4.78, 5) is 14.3. The van der Waals surface area contributed by atoms with E-state index in [1.807, 2.05) is 74.5 Å². The van der Waals surface area contributed by atoms with Gasteiger partial charge in [-0.2, -0.15) is 0 Å². The summed E-state index contributed by atoms with van der Waals surface area (Å²) >= 11 is 0. The molecular formula is C24H28NO3+. The van der Waals surface area contributed by atoms with Crippen LogP contribution in [0.15, 0.2) is 59.7 Å². The molecule has 1 saturated heterocycles. The third kappa shape index (κ3) is 5.11. The first kappa shape index (κ1) is 19.9. The second-order valence-corrected chi connectivity index (χ2v) is 6.98. The lowest BCUT2D eigenvalue weighted by atomic mass is 9.94. The first-order valence-corrected chi connectivity index (χ1v) is 9.82. The average molecular weight is 378 g/mol. The second-order valence-electron chi connectivity index (χ2n) is 6.98. The van der Waals surface area contributed by atoms with E-state index in [-0.39, 0.29) is 5.78 Å². The van der Waals surface area contributed by atoms with E-state index in [0.29, 0.717) is 13.2 Å². The van der Waals surface area contributed by atoms with E-state index in [9.17, 15) is 4.79 Å². The topological polar surface area (TPSA) is 40.0 Å². The highest BCUT2D eigenvalue weighted by atomic mass is 16.5. The fraction of sp³-hybridized carbons (Fsp3) is 0.292. The van der Waals surface area contributed by atoms with E-state index in [2.05, 4.69) is 7.05 Å². The molecule has 1 aliphatic rings. The molecule has 2 aromatic carbocycles. The molecule has 0 spiro atoms. The smallest absolute Gasteiger partial charge is 0.196 e. The van der Waals surface area contributed by atoms with Crippen molar-refractivity contribution in [3.05, 3.63) is 70.8 Å². The van der Waals surface area contributed by atoms with Crippen molar-refractivity contribution in [3.8, 4) is 11.5 Å². The SMILES string of the molecule is CCOc1ccc(/C=C2/C[NH+](C)C/C(=C\c3ccc(OCC)cc3)C2=O)cc1. The van der Waals surface area contributed by atoms with Crippen LogP contribution < -0.4 is 14.4 Å². The minimum atomic E-state index is 0.133. The van der Waals surface area contributed by atoms with Crippen molar-refractivity contribution < 1.29 is 19.2 Å². The Morgan fingerprint density at radius 3 is 1.54 bits per heavy atom. The van der Waals surface area contributed by atoms with Crippen LogP contribution in [-0.2, 0) is 4.79 Å². The molecule has 4 heteroatoms. The zero-order valence-corrected chi connectivity index (χ0v) is 16.8. The van der Waals surface area contributed by atoms with Gasteiger partial charge in [0.2, 0.25) is 0 Å². The molecule has 0 bridgehead atoms. The number of nitrogens with one attached hydrogen (secondary N) is 1. The molecule has 146 valence electrons. The number of quaternary nitrogens is 1. The van der Waals surface area contributed by atoms with Gasteiger partial charge in [0.05, 0.1) is 31.4 Å². The molecule has 1 atom stereocenters. The van der Waals surface area contributed by atoms with Gasteiger partial charge in [-0.3, -0.25) is 4.79 Å². The van der Waals surface area contributed by atoms with Gasteiger partial charge >= 0.3 is 0 Å². The van der Waals surface area contributed by atoms with Crippen LogP contribution in [0, 0.1) is 0 Å². The van der Waals surface area contributed by atoms with E-state index >= 15 is 0 Å². The standard InChI is InChI=1S/C24H27NO3/c1-4-27-22-10-6-18(7-11-22)14-20-16-25(3)17-21(24(20)26)15-19-8-12-23(13-9-19)28-5-2/h6-15H,4-5,16-17H2,1-3H3/p+1/b20-14-,21-15+. The van der Waals surface area contributed by atoms with Crippen molar-refractivity contribution in [2.75, 3.05) is 33.4 Å². The number of hydrogen-bond acceptors (Lipinski definition) is 3. The van der Waals surface area contributed by atoms with E-state index in [1.54, 1.807) is 0 Å². The third-order valence-electron chi connectivity index (χ3n) is 4.63. The Balaban J connectivity index is 1.81. The van der Waals surface area contributed by atoms with Gasteiger partial charge in [-0.05, 0) is 61.4 Å². The van der Waals surface area contributed by atoms with Crippen molar-refractivity contribution in [1.82, 2.24) is 0 Å². The quantitative estimate of drug-likeness (QED) is 0.786. The number of ketones is 1. The second kappa shape index (κ2) is 9.38. The summed E-state index contributed by atoms with van der Waals surface area (Å²) in [7, 11) is 2.12. The van der Waals surface area contributed by atoms with Crippen molar-refractivity contribution in [2.24, 2.45) is 0 Å². The molecule has 1 heterocycles. The van der Waals surface area contributed by atoms with E-state index in [1.165, 1.54) is 4.90 Å². The molecule has 3 rings (SSSR count). The number of carbonyl (C=O) groups is 1. The van der Waals surface area contributed by atoms with E-state index in [0.717, 1.165) is 46.9 Å². The van der Waals surface area contributed by atoms with Crippen molar-refractivity contribution in [1.29, 1.82) is 0 Å². The molecule has 4 nitrogen and oxygen atoms in total. The Morgan fingerprint density at radius 1 is 0.786 bits per heavy atom. The van der Waals surface area contributed by atoms with Crippen LogP contribution in [0.4, 0.5) is 0 Å². The monoisotopic (exact) mass is 378 g/mol. The number of rotatable bonds is 6. The van der Waals surface area contributed by atoms with Crippen LogP contribution in [0.1, 0.15) is 25.0 Å². The molecule has 0 saturated carbocycles. The Bertz CT molecular complexity index is 792. The van der Waals surface area contributed by atoms with Crippen molar-refractivity contribution in [2.45, 2.75) is 13.8 Å². The van der Waals surface area contributed by atoms with Gasteiger partial charge in [0, 0.05) is 0 Å². The first-order chi connectivity index (χ1) is 13.6. The lowest BCUT2D eigenvalue weighted by molar-refractivity contribution is -0.870. The van der Waals surface area contributed by atoms with Crippen LogP contribution in [-0.4, -0.2) is 39.1 Å². The maximum Gasteiger partial charge on any atom is 0.196 e. The van der Waals surface area contributed by atoms with E-state index < -0.39 is 0 Å². The molecule has 0 aliphatic carbocycles. The number of likely N-dealkylation sites (N-methyl/N-ethyl adjacent to an activating group) is 1. The van der Waals surface area contributed by atoms with Gasteiger partial charge in [0.25, 0.3) is 0 Å². The lowest BCUT2D eigenvalue weighted by Gasteiger charge is -2.23. The fourth-order valence-corrected chi connectivity index (χ4v) is 3.37. The molecule has 1 aliphatic heterocycles. The zero-order chi connectivity index (χ0) is 19.9. The highest BCUT2D eigenvalue weighted by Gasteiger charge is 2.27. The van der Waals surface area contributed by atoms with Crippen molar-refractivity contribution in [3.63, 3.8) is 0 Å². The van der Waals surface area contributed by atoms with Crippen LogP contribution in [0.2, 0.25) is 0 Å². The van der Waals surface area contributed by atoms with Crippen LogP contribution in [0.25, 0.3) is 12.2 Å². The minimum absolute atomic E-state index is 0.133. The highest BCUT2D eigenvalue weighted by Crippen LogP contribution is 2.19. The van der Waals surface area contributed by atoms with Crippen LogP contribution >= 0.6 is 0 Å². The number of benzene rings is 2. The summed E-state index contributed by atoms with van der Waals surface area (Å²) < 4.78 is 11.0. The lowest BCUT2D eigenvalue weighted by Crippen LogP contribution is -3.10. The number of Topliss-reactive ketones (excluding diaryl/α,β-unsaturated/α-hetero) is 1. The summed E-state index contributed by atoms with van der Waals surface area (Å²) in [6.45, 7) is 6.68. The number of piperidine rings is 1. The van der Waals surface area contributed by atoms with Crippen LogP contribution in [0.5, 0.6) is 11.5 Å². The predicted molar refractivity (Wildman–Crippen MR) is 113 cm³/mol. The van der Waals surface area contributed by atoms with Gasteiger partial charge < -0.3 is 14.4 Å². The third-order valence-corrected chi connectivity index (χ3v) is 4.63. The summed E-state index contributed by atoms with van der Waals surface area (Å²) in [5.74, 6) is 1.82. The molecule has 0 aromatic heterocycles. The predicted octanol–water partition coefficient (Wildman–Crippen LogP) is 3.05. The summed E-state index contributed by atoms with van der Waals surface area (Å²) in [5, 5.41) is 0. The summed E-state index contributed by atoms with van der Waals surface area (Å²) in [6.07, 6.45) is 3.99. The zero-order valence-electron chi connectivity index (χ0n) is 16.8. The number of carbonyl (C=O) groups excluding carboxylic acids is 1. The summed E-state index contributed by atoms with van der Waals surface area (Å²) in [6, 6.07) is 15.7. The molecular weight excluding hydrogens is 350 g/mol. The molecule has 1 unspecified atom stereocenters. The molecule has 1 N–H and O–H groups in total. The number of likely N-dealkylation sites (tertiary alicyclic amines) is 1. The van der Waals surface area contributed by atoms with Gasteiger partial charge in [0.1, 0.15) is 24.6 Å². The number of ether oxygens (including phenoxy) is 2. The number of hydrogen-bond donors (Lipinski definition) is 1. The van der Waals surface area contributed by atoms with Gasteiger partial charge in [-0.15, -0.1) is 0 Å². The Morgan fingerprint density at radius 2 is 1.18 bits per heavy atom. The van der Waals surface area contributed by atoms with E-state index in [4.69, 9.17) is 9.47 Å². The normalized spacial score (nSPS) is 19.8. The Kier molecular flexibility index (Phi) is 6.66. The summed E-state index contributed by atoms with van der Waals surface area (Å²) in [5.41, 5.74) is 3.71. The highest BCUT2D eigenvalue weighted by molar-refractivity contribution is 6.14. The molecule has 28 heavy (non-hydrogen) atoms. The van der Waals surface area contributed by atoms with Crippen molar-refractivity contribution >= 4 is 17.9 Å². The van der Waals surface area contributed by atoms with Gasteiger partial charge in [-0.1, -0.05) is 24.3 Å². The molecule has 0 amide bonds. The maximum atomic E-state index is 13.0. The fourth-order valence-electron chi connectivity index (χ4n) is 3.37.